The molecule has 0 aliphatic carbocycles. The van der Waals surface area contributed by atoms with E-state index >= 15 is 0 Å². The lowest BCUT2D eigenvalue weighted by atomic mass is 10.0. The summed E-state index contributed by atoms with van der Waals surface area (Å²) in [5.74, 6) is 1.02. The molecular formula is C32H47N3O6. The molecule has 41 heavy (non-hydrogen) atoms. The van der Waals surface area contributed by atoms with Crippen LogP contribution in [0.2, 0.25) is 0 Å². The lowest BCUT2D eigenvalue weighted by Gasteiger charge is -2.32. The number of carbonyl (C=O) groups excluding carboxylic acids is 2. The molecule has 2 aromatic rings. The van der Waals surface area contributed by atoms with Crippen LogP contribution in [0.25, 0.3) is 0 Å². The SMILES string of the molecule is COCCCOc1cc(C(=O)N(C[C@@H]2CN(C(=O)OC(C)(C)C)C[C@@H]2NCc2ccccc2)C(C)C)ccc1OC. The van der Waals surface area contributed by atoms with Crippen LogP contribution < -0.4 is 14.8 Å². The van der Waals surface area contributed by atoms with Gasteiger partial charge in [-0.2, -0.15) is 0 Å². The summed E-state index contributed by atoms with van der Waals surface area (Å²) in [5.41, 5.74) is 1.10. The predicted octanol–water partition coefficient (Wildman–Crippen LogP) is 4.99. The zero-order valence-corrected chi connectivity index (χ0v) is 25.6. The van der Waals surface area contributed by atoms with Crippen molar-refractivity contribution in [2.75, 3.05) is 47.1 Å². The maximum absolute atomic E-state index is 13.9. The Hall–Kier alpha value is -3.30. The van der Waals surface area contributed by atoms with Crippen molar-refractivity contribution >= 4 is 12.0 Å². The van der Waals surface area contributed by atoms with E-state index in [0.29, 0.717) is 56.5 Å². The van der Waals surface area contributed by atoms with Gasteiger partial charge in [-0.05, 0) is 58.4 Å². The second kappa shape index (κ2) is 15.1. The van der Waals surface area contributed by atoms with Crippen LogP contribution in [-0.2, 0) is 16.0 Å². The summed E-state index contributed by atoms with van der Waals surface area (Å²) in [4.78, 5) is 30.5. The largest absolute Gasteiger partial charge is 0.493 e. The zero-order chi connectivity index (χ0) is 30.0. The summed E-state index contributed by atoms with van der Waals surface area (Å²) in [5, 5.41) is 3.64. The highest BCUT2D eigenvalue weighted by Gasteiger charge is 2.39. The minimum Gasteiger partial charge on any atom is -0.493 e. The molecule has 2 aromatic carbocycles. The highest BCUT2D eigenvalue weighted by atomic mass is 16.6. The number of nitrogens with one attached hydrogen (secondary N) is 1. The van der Waals surface area contributed by atoms with Crippen LogP contribution in [0.4, 0.5) is 4.79 Å². The second-order valence-electron chi connectivity index (χ2n) is 11.7. The van der Waals surface area contributed by atoms with Gasteiger partial charge in [0.1, 0.15) is 5.60 Å². The first-order valence-electron chi connectivity index (χ1n) is 14.4. The Morgan fingerprint density at radius 2 is 1.76 bits per heavy atom. The lowest BCUT2D eigenvalue weighted by Crippen LogP contribution is -2.46. The van der Waals surface area contributed by atoms with Crippen LogP contribution in [0.3, 0.4) is 0 Å². The molecule has 0 saturated carbocycles. The summed E-state index contributed by atoms with van der Waals surface area (Å²) in [6.07, 6.45) is 0.391. The van der Waals surface area contributed by atoms with Crippen LogP contribution >= 0.6 is 0 Å². The first-order chi connectivity index (χ1) is 19.5. The molecule has 1 fully saturated rings. The highest BCUT2D eigenvalue weighted by Crippen LogP contribution is 2.30. The minimum atomic E-state index is -0.584. The Kier molecular flexibility index (Phi) is 11.8. The lowest BCUT2D eigenvalue weighted by molar-refractivity contribution is 0.0283. The quantitative estimate of drug-likeness (QED) is 0.340. The molecule has 2 atom stereocenters. The third-order valence-corrected chi connectivity index (χ3v) is 6.98. The van der Waals surface area contributed by atoms with E-state index in [0.717, 1.165) is 12.0 Å². The summed E-state index contributed by atoms with van der Waals surface area (Å²) >= 11 is 0. The number of carbonyl (C=O) groups is 2. The van der Waals surface area contributed by atoms with Gasteiger partial charge < -0.3 is 34.1 Å². The van der Waals surface area contributed by atoms with Crippen LogP contribution in [-0.4, -0.2) is 86.6 Å². The van der Waals surface area contributed by atoms with Crippen molar-refractivity contribution < 1.29 is 28.5 Å². The summed E-state index contributed by atoms with van der Waals surface area (Å²) < 4.78 is 22.2. The van der Waals surface area contributed by atoms with E-state index in [4.69, 9.17) is 18.9 Å². The van der Waals surface area contributed by atoms with Gasteiger partial charge in [-0.25, -0.2) is 4.79 Å². The molecule has 226 valence electrons. The Labute approximate surface area is 245 Å². The Morgan fingerprint density at radius 1 is 1.02 bits per heavy atom. The van der Waals surface area contributed by atoms with E-state index in [9.17, 15) is 9.59 Å². The summed E-state index contributed by atoms with van der Waals surface area (Å²) in [6, 6.07) is 15.4. The fourth-order valence-corrected chi connectivity index (χ4v) is 4.86. The molecule has 1 heterocycles. The third kappa shape index (κ3) is 9.64. The Bertz CT molecular complexity index is 1120. The van der Waals surface area contributed by atoms with Gasteiger partial charge in [0.25, 0.3) is 5.91 Å². The van der Waals surface area contributed by atoms with Gasteiger partial charge in [0.2, 0.25) is 0 Å². The maximum Gasteiger partial charge on any atom is 0.410 e. The maximum atomic E-state index is 13.9. The van der Waals surface area contributed by atoms with E-state index in [-0.39, 0.29) is 30.0 Å². The number of nitrogens with zero attached hydrogens (tertiary/aromatic N) is 2. The summed E-state index contributed by atoms with van der Waals surface area (Å²) in [6.45, 7) is 12.8. The molecule has 0 spiro atoms. The average molecular weight is 570 g/mol. The van der Waals surface area contributed by atoms with Gasteiger partial charge in [0, 0.05) is 69.9 Å². The van der Waals surface area contributed by atoms with Gasteiger partial charge in [0.15, 0.2) is 11.5 Å². The van der Waals surface area contributed by atoms with Crippen LogP contribution in [0.15, 0.2) is 48.5 Å². The van der Waals surface area contributed by atoms with Gasteiger partial charge in [0.05, 0.1) is 13.7 Å². The molecule has 3 rings (SSSR count). The van der Waals surface area contributed by atoms with Crippen molar-refractivity contribution in [3.8, 4) is 11.5 Å². The second-order valence-corrected chi connectivity index (χ2v) is 11.7. The fourth-order valence-electron chi connectivity index (χ4n) is 4.86. The van der Waals surface area contributed by atoms with Crippen LogP contribution in [0.1, 0.15) is 57.0 Å². The molecule has 0 radical (unpaired) electrons. The standard InChI is InChI=1S/C32H47N3O6/c1-23(2)35(30(36)25-14-15-28(39-7)29(18-25)40-17-11-16-38-6)21-26-20-34(31(37)41-32(3,4)5)22-27(26)33-19-24-12-9-8-10-13-24/h8-10,12-15,18,23,26-27,33H,11,16-17,19-22H2,1-7H3/t26-,27-/m0/s1. The third-order valence-electron chi connectivity index (χ3n) is 6.98. The van der Waals surface area contributed by atoms with Crippen LogP contribution in [0.5, 0.6) is 11.5 Å². The molecule has 1 saturated heterocycles. The number of hydrogen-bond acceptors (Lipinski definition) is 7. The first kappa shape index (κ1) is 32.2. The van der Waals surface area contributed by atoms with Crippen molar-refractivity contribution in [3.63, 3.8) is 0 Å². The molecular weight excluding hydrogens is 522 g/mol. The van der Waals surface area contributed by atoms with Crippen molar-refractivity contribution in [2.45, 2.75) is 65.3 Å². The van der Waals surface area contributed by atoms with E-state index in [1.54, 1.807) is 37.3 Å². The van der Waals surface area contributed by atoms with E-state index in [2.05, 4.69) is 17.4 Å². The number of benzene rings is 2. The number of likely N-dealkylation sites (tertiary alicyclic amines) is 1. The summed E-state index contributed by atoms with van der Waals surface area (Å²) in [7, 11) is 3.23. The molecule has 0 unspecified atom stereocenters. The zero-order valence-electron chi connectivity index (χ0n) is 25.6. The molecule has 1 aliphatic heterocycles. The minimum absolute atomic E-state index is 0.00711. The Balaban J connectivity index is 1.79. The Morgan fingerprint density at radius 3 is 2.39 bits per heavy atom. The van der Waals surface area contributed by atoms with Crippen molar-refractivity contribution in [1.82, 2.24) is 15.1 Å². The number of amides is 2. The van der Waals surface area contributed by atoms with E-state index < -0.39 is 5.60 Å². The molecule has 0 aromatic heterocycles. The van der Waals surface area contributed by atoms with E-state index in [1.165, 1.54) is 0 Å². The molecule has 9 nitrogen and oxygen atoms in total. The number of rotatable bonds is 13. The number of hydrogen-bond donors (Lipinski definition) is 1. The number of methoxy groups -OCH3 is 2. The van der Waals surface area contributed by atoms with Gasteiger partial charge >= 0.3 is 6.09 Å². The topological polar surface area (TPSA) is 89.6 Å². The van der Waals surface area contributed by atoms with Gasteiger partial charge in [-0.15, -0.1) is 0 Å². The molecule has 0 bridgehead atoms. The van der Waals surface area contributed by atoms with Crippen molar-refractivity contribution in [2.24, 2.45) is 5.92 Å². The molecule has 2 amide bonds. The fraction of sp³-hybridized carbons (Fsp3) is 0.562. The van der Waals surface area contributed by atoms with E-state index in [1.807, 2.05) is 57.7 Å². The average Bonchev–Trinajstić information content (AvgIpc) is 3.35. The number of ether oxygens (including phenoxy) is 4. The molecule has 1 aliphatic rings. The van der Waals surface area contributed by atoms with Gasteiger partial charge in [-0.3, -0.25) is 4.79 Å². The van der Waals surface area contributed by atoms with Crippen molar-refractivity contribution in [1.29, 1.82) is 0 Å². The highest BCUT2D eigenvalue weighted by molar-refractivity contribution is 5.95. The molecule has 1 N–H and O–H groups in total. The normalized spacial score (nSPS) is 17.0. The first-order valence-corrected chi connectivity index (χ1v) is 14.4. The van der Waals surface area contributed by atoms with Gasteiger partial charge in [-0.1, -0.05) is 30.3 Å². The predicted molar refractivity (Wildman–Crippen MR) is 160 cm³/mol. The monoisotopic (exact) mass is 569 g/mol. The smallest absolute Gasteiger partial charge is 0.410 e. The van der Waals surface area contributed by atoms with Crippen LogP contribution in [0, 0.1) is 5.92 Å². The molecule has 9 heteroatoms. The van der Waals surface area contributed by atoms with Crippen molar-refractivity contribution in [3.05, 3.63) is 59.7 Å².